The van der Waals surface area contributed by atoms with Crippen molar-refractivity contribution >= 4 is 34.8 Å². The lowest BCUT2D eigenvalue weighted by molar-refractivity contribution is -0.120. The van der Waals surface area contributed by atoms with Crippen LogP contribution in [0.5, 0.6) is 0 Å². The highest BCUT2D eigenvalue weighted by Gasteiger charge is 2.15. The van der Waals surface area contributed by atoms with E-state index in [4.69, 9.17) is 16.9 Å². The van der Waals surface area contributed by atoms with E-state index in [1.165, 1.54) is 11.3 Å². The molecule has 1 heterocycles. The second-order valence-corrected chi connectivity index (χ2v) is 5.60. The summed E-state index contributed by atoms with van der Waals surface area (Å²) in [7, 11) is 0. The van der Waals surface area contributed by atoms with E-state index in [1.807, 2.05) is 6.07 Å². The van der Waals surface area contributed by atoms with Gasteiger partial charge >= 0.3 is 0 Å². The molecule has 0 aliphatic rings. The zero-order valence-corrected chi connectivity index (χ0v) is 12.9. The Morgan fingerprint density at radius 1 is 1.36 bits per heavy atom. The van der Waals surface area contributed by atoms with Gasteiger partial charge in [-0.3, -0.25) is 9.59 Å². The molecule has 2 aromatic rings. The Labute approximate surface area is 136 Å². The normalized spacial score (nSPS) is 11.3. The van der Waals surface area contributed by atoms with Crippen molar-refractivity contribution in [3.63, 3.8) is 0 Å². The molecular formula is C15H12ClN3O2S. The Balaban J connectivity index is 1.90. The topological polar surface area (TPSA) is 82.0 Å². The summed E-state index contributed by atoms with van der Waals surface area (Å²) in [5.41, 5.74) is 1.09. The van der Waals surface area contributed by atoms with Crippen molar-refractivity contribution < 1.29 is 9.59 Å². The van der Waals surface area contributed by atoms with Crippen LogP contribution in [0.15, 0.2) is 41.1 Å². The molecule has 0 radical (unpaired) electrons. The number of halogens is 1. The van der Waals surface area contributed by atoms with E-state index in [0.717, 1.165) is 0 Å². The first kappa shape index (κ1) is 16.0. The number of amides is 2. The maximum atomic E-state index is 11.8. The molecule has 1 aromatic carbocycles. The molecule has 0 unspecified atom stereocenters. The summed E-state index contributed by atoms with van der Waals surface area (Å²) in [5.74, 6) is -0.775. The van der Waals surface area contributed by atoms with Gasteiger partial charge in [0.2, 0.25) is 5.91 Å². The molecule has 1 aromatic heterocycles. The Kier molecular flexibility index (Phi) is 5.53. The zero-order valence-electron chi connectivity index (χ0n) is 11.4. The first-order valence-corrected chi connectivity index (χ1v) is 7.67. The number of hydrogen-bond acceptors (Lipinski definition) is 4. The summed E-state index contributed by atoms with van der Waals surface area (Å²) in [4.78, 5) is 23.6. The predicted octanol–water partition coefficient (Wildman–Crippen LogP) is 2.51. The minimum Gasteiger partial charge on any atom is -0.343 e. The molecule has 7 heteroatoms. The largest absolute Gasteiger partial charge is 0.343 e. The van der Waals surface area contributed by atoms with E-state index in [2.05, 4.69) is 10.6 Å². The molecule has 112 valence electrons. The van der Waals surface area contributed by atoms with Gasteiger partial charge in [0.15, 0.2) is 0 Å². The van der Waals surface area contributed by atoms with Crippen molar-refractivity contribution in [3.05, 3.63) is 57.2 Å². The van der Waals surface area contributed by atoms with Gasteiger partial charge in [-0.25, -0.2) is 0 Å². The molecule has 0 saturated heterocycles. The maximum absolute atomic E-state index is 11.8. The van der Waals surface area contributed by atoms with Crippen LogP contribution in [0, 0.1) is 11.3 Å². The third-order valence-corrected chi connectivity index (χ3v) is 3.73. The second-order valence-electron chi connectivity index (χ2n) is 4.38. The fourth-order valence-corrected chi connectivity index (χ4v) is 2.58. The van der Waals surface area contributed by atoms with Gasteiger partial charge in [-0.15, -0.1) is 0 Å². The van der Waals surface area contributed by atoms with Crippen LogP contribution >= 0.6 is 22.9 Å². The molecule has 0 aliphatic carbocycles. The monoisotopic (exact) mass is 333 g/mol. The summed E-state index contributed by atoms with van der Waals surface area (Å²) in [6.45, 7) is -0.201. The molecule has 0 fully saturated rings. The van der Waals surface area contributed by atoms with Gasteiger partial charge in [-0.05, 0) is 29.1 Å². The highest BCUT2D eigenvalue weighted by atomic mass is 35.5. The SMILES string of the molecule is N#C[C@@H](NC(=O)CNC(=O)c1ccsc1)c1cccc(Cl)c1. The van der Waals surface area contributed by atoms with Gasteiger partial charge in [-0.1, -0.05) is 23.7 Å². The van der Waals surface area contributed by atoms with Crippen LogP contribution in [-0.4, -0.2) is 18.4 Å². The number of carbonyl (C=O) groups excluding carboxylic acids is 2. The Morgan fingerprint density at radius 2 is 2.18 bits per heavy atom. The molecular weight excluding hydrogens is 322 g/mol. The quantitative estimate of drug-likeness (QED) is 0.882. The van der Waals surface area contributed by atoms with Crippen LogP contribution in [0.4, 0.5) is 0 Å². The van der Waals surface area contributed by atoms with Crippen LogP contribution in [0.2, 0.25) is 5.02 Å². The van der Waals surface area contributed by atoms with E-state index in [-0.39, 0.29) is 12.5 Å². The summed E-state index contributed by atoms with van der Waals surface area (Å²) in [6.07, 6.45) is 0. The highest BCUT2D eigenvalue weighted by molar-refractivity contribution is 7.08. The number of nitrogens with zero attached hydrogens (tertiary/aromatic N) is 1. The zero-order chi connectivity index (χ0) is 15.9. The van der Waals surface area contributed by atoms with Crippen LogP contribution in [0.1, 0.15) is 22.0 Å². The minimum absolute atomic E-state index is 0.201. The number of thiophene rings is 1. The molecule has 2 N–H and O–H groups in total. The number of rotatable bonds is 5. The van der Waals surface area contributed by atoms with Crippen molar-refractivity contribution in [3.8, 4) is 6.07 Å². The Morgan fingerprint density at radius 3 is 2.82 bits per heavy atom. The van der Waals surface area contributed by atoms with E-state index in [9.17, 15) is 9.59 Å². The minimum atomic E-state index is -0.816. The summed E-state index contributed by atoms with van der Waals surface area (Å²) in [6, 6.07) is 9.54. The first-order valence-electron chi connectivity index (χ1n) is 6.35. The first-order chi connectivity index (χ1) is 10.6. The average Bonchev–Trinajstić information content (AvgIpc) is 3.04. The van der Waals surface area contributed by atoms with Gasteiger partial charge in [0.25, 0.3) is 5.91 Å². The number of nitriles is 1. The molecule has 0 saturated carbocycles. The van der Waals surface area contributed by atoms with Crippen LogP contribution in [-0.2, 0) is 4.79 Å². The number of benzene rings is 1. The molecule has 22 heavy (non-hydrogen) atoms. The van der Waals surface area contributed by atoms with E-state index in [1.54, 1.807) is 41.1 Å². The molecule has 5 nitrogen and oxygen atoms in total. The fraction of sp³-hybridized carbons (Fsp3) is 0.133. The van der Waals surface area contributed by atoms with Crippen LogP contribution in [0.25, 0.3) is 0 Å². The third-order valence-electron chi connectivity index (χ3n) is 2.81. The van der Waals surface area contributed by atoms with Crippen LogP contribution < -0.4 is 10.6 Å². The predicted molar refractivity (Wildman–Crippen MR) is 84.6 cm³/mol. The number of nitrogens with one attached hydrogen (secondary N) is 2. The summed E-state index contributed by atoms with van der Waals surface area (Å²) >= 11 is 7.26. The Hall–Kier alpha value is -2.36. The molecule has 0 aliphatic heterocycles. The molecule has 0 spiro atoms. The van der Waals surface area contributed by atoms with E-state index >= 15 is 0 Å². The number of hydrogen-bond donors (Lipinski definition) is 2. The van der Waals surface area contributed by atoms with Gasteiger partial charge in [0.1, 0.15) is 6.04 Å². The lowest BCUT2D eigenvalue weighted by Gasteiger charge is -2.12. The third kappa shape index (κ3) is 4.32. The van der Waals surface area contributed by atoms with Gasteiger partial charge in [-0.2, -0.15) is 16.6 Å². The lowest BCUT2D eigenvalue weighted by Crippen LogP contribution is -2.38. The maximum Gasteiger partial charge on any atom is 0.252 e. The van der Waals surface area contributed by atoms with Crippen LogP contribution in [0.3, 0.4) is 0 Å². The molecule has 2 amide bonds. The lowest BCUT2D eigenvalue weighted by atomic mass is 10.1. The van der Waals surface area contributed by atoms with Crippen molar-refractivity contribution in [2.24, 2.45) is 0 Å². The smallest absolute Gasteiger partial charge is 0.252 e. The second kappa shape index (κ2) is 7.59. The Bertz CT molecular complexity index is 710. The van der Waals surface area contributed by atoms with Crippen molar-refractivity contribution in [1.29, 1.82) is 5.26 Å². The van der Waals surface area contributed by atoms with E-state index in [0.29, 0.717) is 16.1 Å². The molecule has 1 atom stereocenters. The van der Waals surface area contributed by atoms with Crippen molar-refractivity contribution in [2.45, 2.75) is 6.04 Å². The van der Waals surface area contributed by atoms with Gasteiger partial charge in [0.05, 0.1) is 12.6 Å². The van der Waals surface area contributed by atoms with Gasteiger partial charge < -0.3 is 10.6 Å². The number of carbonyl (C=O) groups is 2. The van der Waals surface area contributed by atoms with Crippen molar-refractivity contribution in [1.82, 2.24) is 10.6 Å². The summed E-state index contributed by atoms with van der Waals surface area (Å²) in [5, 5.41) is 18.1. The average molecular weight is 334 g/mol. The van der Waals surface area contributed by atoms with E-state index < -0.39 is 11.9 Å². The van der Waals surface area contributed by atoms with Crippen molar-refractivity contribution in [2.75, 3.05) is 6.54 Å². The van der Waals surface area contributed by atoms with Gasteiger partial charge in [0, 0.05) is 16.0 Å². The fourth-order valence-electron chi connectivity index (χ4n) is 1.74. The highest BCUT2D eigenvalue weighted by Crippen LogP contribution is 2.17. The molecule has 0 bridgehead atoms. The summed E-state index contributed by atoms with van der Waals surface area (Å²) < 4.78 is 0. The standard InChI is InChI=1S/C15H12ClN3O2S/c16-12-3-1-2-10(6-12)13(7-17)19-14(20)8-18-15(21)11-4-5-22-9-11/h1-6,9,13H,8H2,(H,18,21)(H,19,20)/t13-/m1/s1. The molecule has 2 rings (SSSR count).